The number of carbonyl (C=O) groups is 1. The summed E-state index contributed by atoms with van der Waals surface area (Å²) in [7, 11) is 0. The monoisotopic (exact) mass is 340 g/mol. The number of nitrogens with two attached hydrogens (primary N) is 1. The molecule has 0 saturated heterocycles. The molecule has 3 N–H and O–H groups in total. The third kappa shape index (κ3) is 4.13. The van der Waals surface area contributed by atoms with Gasteiger partial charge in [0.15, 0.2) is 6.54 Å². The van der Waals surface area contributed by atoms with E-state index in [1.807, 2.05) is 18.3 Å². The van der Waals surface area contributed by atoms with Crippen molar-refractivity contribution in [1.82, 2.24) is 5.32 Å². The van der Waals surface area contributed by atoms with Crippen LogP contribution in [-0.4, -0.2) is 18.0 Å². The molecule has 22 heavy (non-hydrogen) atoms. The summed E-state index contributed by atoms with van der Waals surface area (Å²) in [4.78, 5) is 12.1. The summed E-state index contributed by atoms with van der Waals surface area (Å²) < 4.78 is 0. The summed E-state index contributed by atoms with van der Waals surface area (Å²) in [6.07, 6.45) is 3.48. The highest BCUT2D eigenvalue weighted by Crippen LogP contribution is 2.28. The van der Waals surface area contributed by atoms with Crippen molar-refractivity contribution < 1.29 is 10.1 Å². The zero-order chi connectivity index (χ0) is 16.2. The van der Waals surface area contributed by atoms with Crippen LogP contribution in [0, 0.1) is 11.3 Å². The number of benzene rings is 1. The van der Waals surface area contributed by atoms with Crippen molar-refractivity contribution in [1.29, 1.82) is 5.26 Å². The molecule has 1 saturated carbocycles. The first-order valence-electron chi connectivity index (χ1n) is 7.46. The molecule has 0 unspecified atom stereocenters. The van der Waals surface area contributed by atoms with E-state index in [2.05, 4.69) is 11.4 Å². The van der Waals surface area contributed by atoms with Gasteiger partial charge in [-0.05, 0) is 44.7 Å². The van der Waals surface area contributed by atoms with E-state index in [-0.39, 0.29) is 18.5 Å². The molecule has 6 heteroatoms. The van der Waals surface area contributed by atoms with Crippen LogP contribution in [0.2, 0.25) is 10.0 Å². The Labute approximate surface area is 140 Å². The van der Waals surface area contributed by atoms with Crippen molar-refractivity contribution in [3.05, 3.63) is 33.8 Å². The number of amides is 1. The van der Waals surface area contributed by atoms with E-state index >= 15 is 0 Å². The highest BCUT2D eigenvalue weighted by atomic mass is 35.5. The molecule has 0 aliphatic heterocycles. The van der Waals surface area contributed by atoms with Gasteiger partial charge >= 0.3 is 0 Å². The Bertz CT molecular complexity index is 592. The normalized spacial score (nSPS) is 17.7. The second-order valence-electron chi connectivity index (χ2n) is 5.84. The van der Waals surface area contributed by atoms with Crippen LogP contribution in [0.5, 0.6) is 0 Å². The maximum atomic E-state index is 12.1. The SMILES string of the molecule is C[C@H]([NH2+]CC(=O)NC1(C#N)CCCC1)c1ccc(Cl)cc1Cl. The van der Waals surface area contributed by atoms with Crippen molar-refractivity contribution in [2.24, 2.45) is 0 Å². The lowest BCUT2D eigenvalue weighted by molar-refractivity contribution is -0.682. The zero-order valence-corrected chi connectivity index (χ0v) is 14.0. The lowest BCUT2D eigenvalue weighted by Crippen LogP contribution is -2.87. The van der Waals surface area contributed by atoms with Crippen molar-refractivity contribution >= 4 is 29.1 Å². The molecule has 0 bridgehead atoms. The third-order valence-electron chi connectivity index (χ3n) is 4.16. The molecular weight excluding hydrogens is 321 g/mol. The van der Waals surface area contributed by atoms with Crippen LogP contribution >= 0.6 is 23.2 Å². The van der Waals surface area contributed by atoms with Gasteiger partial charge in [-0.15, -0.1) is 0 Å². The predicted octanol–water partition coefficient (Wildman–Crippen LogP) is 2.57. The molecular formula is C16H20Cl2N3O+. The van der Waals surface area contributed by atoms with E-state index in [4.69, 9.17) is 23.2 Å². The topological polar surface area (TPSA) is 69.5 Å². The number of nitrogens with zero attached hydrogens (tertiary/aromatic N) is 1. The maximum absolute atomic E-state index is 12.1. The average Bonchev–Trinajstić information content (AvgIpc) is 2.94. The van der Waals surface area contributed by atoms with Gasteiger partial charge in [-0.1, -0.05) is 29.3 Å². The van der Waals surface area contributed by atoms with Crippen LogP contribution in [0.25, 0.3) is 0 Å². The highest BCUT2D eigenvalue weighted by molar-refractivity contribution is 6.35. The van der Waals surface area contributed by atoms with Gasteiger partial charge in [0, 0.05) is 10.6 Å². The Morgan fingerprint density at radius 1 is 1.45 bits per heavy atom. The Hall–Kier alpha value is -1.28. The predicted molar refractivity (Wildman–Crippen MR) is 86.6 cm³/mol. The second-order valence-corrected chi connectivity index (χ2v) is 6.69. The van der Waals surface area contributed by atoms with E-state index in [1.54, 1.807) is 12.1 Å². The van der Waals surface area contributed by atoms with E-state index < -0.39 is 5.54 Å². The second kappa shape index (κ2) is 7.32. The smallest absolute Gasteiger partial charge is 0.276 e. The minimum atomic E-state index is -0.661. The molecule has 1 amide bonds. The van der Waals surface area contributed by atoms with Gasteiger partial charge in [-0.3, -0.25) is 4.79 Å². The van der Waals surface area contributed by atoms with E-state index in [1.165, 1.54) is 0 Å². The summed E-state index contributed by atoms with van der Waals surface area (Å²) >= 11 is 12.1. The number of quaternary nitrogens is 1. The van der Waals surface area contributed by atoms with Gasteiger partial charge in [0.1, 0.15) is 11.6 Å². The van der Waals surface area contributed by atoms with Gasteiger partial charge in [0.05, 0.1) is 11.1 Å². The number of carbonyl (C=O) groups excluding carboxylic acids is 1. The first-order valence-corrected chi connectivity index (χ1v) is 8.22. The van der Waals surface area contributed by atoms with E-state index in [9.17, 15) is 10.1 Å². The highest BCUT2D eigenvalue weighted by Gasteiger charge is 2.35. The fourth-order valence-corrected chi connectivity index (χ4v) is 3.42. The number of hydrogen-bond donors (Lipinski definition) is 2. The Balaban J connectivity index is 1.89. The molecule has 1 aliphatic carbocycles. The van der Waals surface area contributed by atoms with E-state index in [0.717, 1.165) is 31.2 Å². The summed E-state index contributed by atoms with van der Waals surface area (Å²) in [5.41, 5.74) is 0.279. The van der Waals surface area contributed by atoms with Crippen LogP contribution in [0.4, 0.5) is 0 Å². The number of nitriles is 1. The molecule has 0 radical (unpaired) electrons. The minimum Gasteiger partial charge on any atom is -0.333 e. The summed E-state index contributed by atoms with van der Waals surface area (Å²) in [5, 5.41) is 15.3. The molecule has 1 fully saturated rings. The average molecular weight is 341 g/mol. The van der Waals surface area contributed by atoms with Crippen LogP contribution < -0.4 is 10.6 Å². The van der Waals surface area contributed by atoms with E-state index in [0.29, 0.717) is 10.0 Å². The van der Waals surface area contributed by atoms with Crippen molar-refractivity contribution in [2.75, 3.05) is 6.54 Å². The maximum Gasteiger partial charge on any atom is 0.276 e. The van der Waals surface area contributed by atoms with Gasteiger partial charge in [-0.25, -0.2) is 0 Å². The van der Waals surface area contributed by atoms with Gasteiger partial charge in [-0.2, -0.15) is 5.26 Å². The molecule has 4 nitrogen and oxygen atoms in total. The Morgan fingerprint density at radius 2 is 2.14 bits per heavy atom. The van der Waals surface area contributed by atoms with Crippen molar-refractivity contribution in [3.63, 3.8) is 0 Å². The molecule has 0 spiro atoms. The fourth-order valence-electron chi connectivity index (χ4n) is 2.84. The molecule has 2 rings (SSSR count). The standard InChI is InChI=1S/C16H19Cl2N3O/c1-11(13-5-4-12(17)8-14(13)18)20-9-15(22)21-16(10-19)6-2-3-7-16/h4-5,8,11,20H,2-3,6-7,9H2,1H3,(H,21,22)/p+1/t11-/m0/s1. The summed E-state index contributed by atoms with van der Waals surface area (Å²) in [5.74, 6) is -0.111. The largest absolute Gasteiger partial charge is 0.333 e. The number of rotatable bonds is 5. The molecule has 0 heterocycles. The number of nitrogens with one attached hydrogen (secondary N) is 1. The van der Waals surface area contributed by atoms with Crippen LogP contribution in [0.1, 0.15) is 44.2 Å². The lowest BCUT2D eigenvalue weighted by atomic mass is 10.00. The van der Waals surface area contributed by atoms with Gasteiger partial charge < -0.3 is 10.6 Å². The van der Waals surface area contributed by atoms with Crippen LogP contribution in [0.15, 0.2) is 18.2 Å². The quantitative estimate of drug-likeness (QED) is 0.864. The number of hydrogen-bond acceptors (Lipinski definition) is 2. The lowest BCUT2D eigenvalue weighted by Gasteiger charge is -2.22. The van der Waals surface area contributed by atoms with Gasteiger partial charge in [0.25, 0.3) is 5.91 Å². The minimum absolute atomic E-state index is 0.0390. The Kier molecular flexibility index (Phi) is 5.69. The molecule has 1 aromatic rings. The Morgan fingerprint density at radius 3 is 2.73 bits per heavy atom. The van der Waals surface area contributed by atoms with Crippen molar-refractivity contribution in [2.45, 2.75) is 44.2 Å². The molecule has 1 aliphatic rings. The number of halogens is 2. The molecule has 0 aromatic heterocycles. The van der Waals surface area contributed by atoms with Crippen molar-refractivity contribution in [3.8, 4) is 6.07 Å². The summed E-state index contributed by atoms with van der Waals surface area (Å²) in [6, 6.07) is 7.66. The first-order chi connectivity index (χ1) is 10.5. The fraction of sp³-hybridized carbons (Fsp3) is 0.500. The first kappa shape index (κ1) is 17.1. The van der Waals surface area contributed by atoms with Crippen LogP contribution in [-0.2, 0) is 4.79 Å². The molecule has 1 atom stereocenters. The van der Waals surface area contributed by atoms with Gasteiger partial charge in [0.2, 0.25) is 0 Å². The molecule has 1 aromatic carbocycles. The van der Waals surface area contributed by atoms with Crippen LogP contribution in [0.3, 0.4) is 0 Å². The zero-order valence-electron chi connectivity index (χ0n) is 12.5. The molecule has 118 valence electrons. The third-order valence-corrected chi connectivity index (χ3v) is 4.72. The summed E-state index contributed by atoms with van der Waals surface area (Å²) in [6.45, 7) is 2.25.